The van der Waals surface area contributed by atoms with Crippen LogP contribution in [0.1, 0.15) is 0 Å². The summed E-state index contributed by atoms with van der Waals surface area (Å²) >= 11 is 0. The average Bonchev–Trinajstić information content (AvgIpc) is 2.34. The van der Waals surface area contributed by atoms with Crippen molar-refractivity contribution >= 4 is 17.9 Å². The molecule has 0 aliphatic carbocycles. The zero-order chi connectivity index (χ0) is 13.5. The van der Waals surface area contributed by atoms with Crippen LogP contribution in [-0.2, 0) is 14.3 Å². The maximum Gasteiger partial charge on any atom is 0.328 e. The first-order valence-corrected chi connectivity index (χ1v) is 5.33. The number of ether oxygens (including phenoxy) is 1. The number of rotatable bonds is 4. The number of carbonyl (C=O) groups is 3. The summed E-state index contributed by atoms with van der Waals surface area (Å²) in [5.41, 5.74) is 5.16. The standard InChI is InChI=1S/C10H15N3O5/c11-9(16)7-6-18-5-4-13(7)10(17)12-3-1-2-8(14)15/h1-2,7H,3-6H2,(H2,11,16)(H,12,17)(H,14,15)/b2-1+. The highest BCUT2D eigenvalue weighted by molar-refractivity contribution is 5.86. The fourth-order valence-corrected chi connectivity index (χ4v) is 1.49. The Hall–Kier alpha value is -2.09. The molecule has 0 aromatic rings. The van der Waals surface area contributed by atoms with Crippen LogP contribution in [0.15, 0.2) is 12.2 Å². The lowest BCUT2D eigenvalue weighted by Gasteiger charge is -2.33. The summed E-state index contributed by atoms with van der Waals surface area (Å²) in [6.07, 6.45) is 2.21. The van der Waals surface area contributed by atoms with Crippen molar-refractivity contribution in [2.24, 2.45) is 5.73 Å². The summed E-state index contributed by atoms with van der Waals surface area (Å²) in [5.74, 6) is -1.73. The smallest absolute Gasteiger partial charge is 0.328 e. The number of urea groups is 1. The van der Waals surface area contributed by atoms with E-state index < -0.39 is 23.9 Å². The predicted molar refractivity (Wildman–Crippen MR) is 60.7 cm³/mol. The van der Waals surface area contributed by atoms with Crippen molar-refractivity contribution < 1.29 is 24.2 Å². The number of aliphatic carboxylic acids is 1. The Morgan fingerprint density at radius 3 is 2.83 bits per heavy atom. The fourth-order valence-electron chi connectivity index (χ4n) is 1.49. The van der Waals surface area contributed by atoms with E-state index in [0.717, 1.165) is 6.08 Å². The first kappa shape index (κ1) is 14.0. The number of nitrogens with zero attached hydrogens (tertiary/aromatic N) is 1. The molecule has 1 saturated heterocycles. The van der Waals surface area contributed by atoms with E-state index in [0.29, 0.717) is 6.61 Å². The quantitative estimate of drug-likeness (QED) is 0.530. The number of amides is 3. The van der Waals surface area contributed by atoms with Gasteiger partial charge >= 0.3 is 12.0 Å². The highest BCUT2D eigenvalue weighted by Crippen LogP contribution is 2.06. The molecule has 1 aliphatic heterocycles. The van der Waals surface area contributed by atoms with Gasteiger partial charge in [-0.05, 0) is 0 Å². The number of carboxylic acids is 1. The Labute approximate surface area is 103 Å². The van der Waals surface area contributed by atoms with E-state index in [9.17, 15) is 14.4 Å². The van der Waals surface area contributed by atoms with E-state index in [4.69, 9.17) is 15.6 Å². The number of morpholine rings is 1. The summed E-state index contributed by atoms with van der Waals surface area (Å²) in [6.45, 7) is 0.742. The molecule has 1 heterocycles. The molecule has 1 atom stereocenters. The van der Waals surface area contributed by atoms with Gasteiger partial charge in [-0.1, -0.05) is 6.08 Å². The highest BCUT2D eigenvalue weighted by Gasteiger charge is 2.30. The molecule has 0 saturated carbocycles. The molecule has 3 amide bonds. The van der Waals surface area contributed by atoms with Crippen LogP contribution in [0.3, 0.4) is 0 Å². The number of carboxylic acid groups (broad SMARTS) is 1. The zero-order valence-corrected chi connectivity index (χ0v) is 9.67. The SMILES string of the molecule is NC(=O)C1COCCN1C(=O)NC/C=C/C(=O)O. The first-order chi connectivity index (χ1) is 8.52. The molecule has 8 heteroatoms. The number of primary amides is 1. The molecule has 0 aromatic heterocycles. The molecule has 1 unspecified atom stereocenters. The summed E-state index contributed by atoms with van der Waals surface area (Å²) in [6, 6.07) is -1.26. The van der Waals surface area contributed by atoms with Gasteiger partial charge in [0.05, 0.1) is 13.2 Å². The molecule has 18 heavy (non-hydrogen) atoms. The third kappa shape index (κ3) is 4.06. The summed E-state index contributed by atoms with van der Waals surface area (Å²) < 4.78 is 5.07. The lowest BCUT2D eigenvalue weighted by molar-refractivity contribution is -0.131. The van der Waals surface area contributed by atoms with Crippen molar-refractivity contribution in [1.29, 1.82) is 0 Å². The molecular weight excluding hydrogens is 242 g/mol. The Balaban J connectivity index is 2.48. The number of carbonyl (C=O) groups excluding carboxylic acids is 2. The number of nitrogens with one attached hydrogen (secondary N) is 1. The number of hydrogen-bond acceptors (Lipinski definition) is 4. The van der Waals surface area contributed by atoms with Gasteiger partial charge in [0.1, 0.15) is 6.04 Å². The van der Waals surface area contributed by atoms with Crippen molar-refractivity contribution in [2.75, 3.05) is 26.3 Å². The van der Waals surface area contributed by atoms with Gasteiger partial charge in [0.2, 0.25) is 5.91 Å². The van der Waals surface area contributed by atoms with Gasteiger partial charge in [0, 0.05) is 19.2 Å². The minimum absolute atomic E-state index is 0.0635. The molecule has 0 aromatic carbocycles. The normalized spacial score (nSPS) is 19.8. The lowest BCUT2D eigenvalue weighted by Crippen LogP contribution is -2.57. The summed E-state index contributed by atoms with van der Waals surface area (Å²) in [7, 11) is 0. The monoisotopic (exact) mass is 257 g/mol. The third-order valence-electron chi connectivity index (χ3n) is 2.35. The molecule has 0 bridgehead atoms. The third-order valence-corrected chi connectivity index (χ3v) is 2.35. The number of hydrogen-bond donors (Lipinski definition) is 3. The van der Waals surface area contributed by atoms with E-state index >= 15 is 0 Å². The highest BCUT2D eigenvalue weighted by atomic mass is 16.5. The van der Waals surface area contributed by atoms with Gasteiger partial charge < -0.3 is 25.8 Å². The Kier molecular flexibility index (Phi) is 5.12. The van der Waals surface area contributed by atoms with Gasteiger partial charge in [-0.15, -0.1) is 0 Å². The zero-order valence-electron chi connectivity index (χ0n) is 9.67. The van der Waals surface area contributed by atoms with Gasteiger partial charge in [-0.2, -0.15) is 0 Å². The second kappa shape index (κ2) is 6.60. The molecule has 0 spiro atoms. The van der Waals surface area contributed by atoms with Gasteiger partial charge in [0.15, 0.2) is 0 Å². The van der Waals surface area contributed by atoms with E-state index in [2.05, 4.69) is 5.32 Å². The summed E-state index contributed by atoms with van der Waals surface area (Å²) in [4.78, 5) is 34.3. The van der Waals surface area contributed by atoms with Crippen LogP contribution in [0.4, 0.5) is 4.79 Å². The van der Waals surface area contributed by atoms with Crippen molar-refractivity contribution in [1.82, 2.24) is 10.2 Å². The maximum absolute atomic E-state index is 11.7. The maximum atomic E-state index is 11.7. The van der Waals surface area contributed by atoms with E-state index in [-0.39, 0.29) is 19.7 Å². The van der Waals surface area contributed by atoms with Crippen LogP contribution in [0.25, 0.3) is 0 Å². The molecular formula is C10H15N3O5. The van der Waals surface area contributed by atoms with Crippen LogP contribution in [0.5, 0.6) is 0 Å². The van der Waals surface area contributed by atoms with Crippen LogP contribution in [0, 0.1) is 0 Å². The van der Waals surface area contributed by atoms with Gasteiger partial charge in [0.25, 0.3) is 0 Å². The first-order valence-electron chi connectivity index (χ1n) is 5.33. The van der Waals surface area contributed by atoms with E-state index in [1.807, 2.05) is 0 Å². The Morgan fingerprint density at radius 2 is 2.22 bits per heavy atom. The molecule has 100 valence electrons. The van der Waals surface area contributed by atoms with Gasteiger partial charge in [-0.3, -0.25) is 4.79 Å². The second-order valence-corrected chi connectivity index (χ2v) is 3.61. The molecule has 1 aliphatic rings. The molecule has 0 radical (unpaired) electrons. The molecule has 8 nitrogen and oxygen atoms in total. The van der Waals surface area contributed by atoms with Crippen LogP contribution in [-0.4, -0.2) is 60.3 Å². The minimum atomic E-state index is -1.09. The van der Waals surface area contributed by atoms with Crippen LogP contribution in [0.2, 0.25) is 0 Å². The molecule has 1 rings (SSSR count). The van der Waals surface area contributed by atoms with Gasteiger partial charge in [-0.25, -0.2) is 9.59 Å². The second-order valence-electron chi connectivity index (χ2n) is 3.61. The summed E-state index contributed by atoms with van der Waals surface area (Å²) in [5, 5.41) is 10.8. The Bertz CT molecular complexity index is 369. The Morgan fingerprint density at radius 1 is 1.50 bits per heavy atom. The van der Waals surface area contributed by atoms with Crippen LogP contribution >= 0.6 is 0 Å². The average molecular weight is 257 g/mol. The molecule has 1 fully saturated rings. The lowest BCUT2D eigenvalue weighted by atomic mass is 10.2. The fraction of sp³-hybridized carbons (Fsp3) is 0.500. The van der Waals surface area contributed by atoms with Crippen molar-refractivity contribution in [2.45, 2.75) is 6.04 Å². The largest absolute Gasteiger partial charge is 0.478 e. The van der Waals surface area contributed by atoms with E-state index in [1.54, 1.807) is 0 Å². The van der Waals surface area contributed by atoms with Crippen molar-refractivity contribution in [3.8, 4) is 0 Å². The van der Waals surface area contributed by atoms with Crippen LogP contribution < -0.4 is 11.1 Å². The molecule has 4 N–H and O–H groups in total. The number of nitrogens with two attached hydrogens (primary N) is 1. The topological polar surface area (TPSA) is 122 Å². The predicted octanol–water partition coefficient (Wildman–Crippen LogP) is -1.48. The van der Waals surface area contributed by atoms with E-state index in [1.165, 1.54) is 11.0 Å². The van der Waals surface area contributed by atoms with Crippen molar-refractivity contribution in [3.63, 3.8) is 0 Å². The minimum Gasteiger partial charge on any atom is -0.478 e. The van der Waals surface area contributed by atoms with Crippen molar-refractivity contribution in [3.05, 3.63) is 12.2 Å².